The van der Waals surface area contributed by atoms with Gasteiger partial charge in [0.05, 0.1) is 38.1 Å². The summed E-state index contributed by atoms with van der Waals surface area (Å²) in [5.74, 6) is 1.95. The number of pyridine rings is 1. The molecule has 3 aromatic rings. The van der Waals surface area contributed by atoms with Crippen molar-refractivity contribution in [2.24, 2.45) is 5.92 Å². The number of ether oxygens (including phenoxy) is 3. The van der Waals surface area contributed by atoms with Gasteiger partial charge in [0.1, 0.15) is 11.8 Å². The highest BCUT2D eigenvalue weighted by Gasteiger charge is 2.27. The molecule has 0 aliphatic carbocycles. The topological polar surface area (TPSA) is 96.7 Å². The van der Waals surface area contributed by atoms with Crippen LogP contribution >= 0.6 is 0 Å². The van der Waals surface area contributed by atoms with Gasteiger partial charge in [0.25, 0.3) is 0 Å². The van der Waals surface area contributed by atoms with E-state index in [2.05, 4.69) is 21.3 Å². The van der Waals surface area contributed by atoms with E-state index in [4.69, 9.17) is 14.2 Å². The molecule has 1 fully saturated rings. The molecule has 0 unspecified atom stereocenters. The summed E-state index contributed by atoms with van der Waals surface area (Å²) >= 11 is 0. The highest BCUT2D eigenvalue weighted by molar-refractivity contribution is 5.96. The lowest BCUT2D eigenvalue weighted by Crippen LogP contribution is -2.40. The molecular weight excluding hydrogens is 432 g/mol. The van der Waals surface area contributed by atoms with Crippen molar-refractivity contribution in [2.75, 3.05) is 39.3 Å². The van der Waals surface area contributed by atoms with Gasteiger partial charge < -0.3 is 24.4 Å². The Balaban J connectivity index is 1.47. The Bertz CT molecular complexity index is 1210. The van der Waals surface area contributed by atoms with E-state index in [-0.39, 0.29) is 11.8 Å². The van der Waals surface area contributed by atoms with E-state index in [0.29, 0.717) is 49.5 Å². The van der Waals surface area contributed by atoms with Crippen molar-refractivity contribution >= 4 is 22.5 Å². The lowest BCUT2D eigenvalue weighted by Gasteiger charge is -2.34. The van der Waals surface area contributed by atoms with E-state index in [9.17, 15) is 10.1 Å². The van der Waals surface area contributed by atoms with Gasteiger partial charge in [-0.3, -0.25) is 9.78 Å². The van der Waals surface area contributed by atoms with Crippen LogP contribution in [0.2, 0.25) is 0 Å². The largest absolute Gasteiger partial charge is 0.497 e. The zero-order valence-corrected chi connectivity index (χ0v) is 19.6. The average Bonchev–Trinajstić information content (AvgIpc) is 2.90. The molecule has 1 aliphatic heterocycles. The number of nitrogens with zero attached hydrogens (tertiary/aromatic N) is 3. The predicted molar refractivity (Wildman–Crippen MR) is 129 cm³/mol. The molecule has 4 rings (SSSR count). The van der Waals surface area contributed by atoms with E-state index in [0.717, 1.165) is 27.9 Å². The number of piperidine rings is 1. The zero-order valence-electron chi connectivity index (χ0n) is 19.6. The van der Waals surface area contributed by atoms with Crippen LogP contribution in [0.1, 0.15) is 24.0 Å². The lowest BCUT2D eigenvalue weighted by molar-refractivity contribution is -0.125. The first-order valence-electron chi connectivity index (χ1n) is 11.2. The molecule has 2 aromatic carbocycles. The maximum absolute atomic E-state index is 12.8. The van der Waals surface area contributed by atoms with Crippen molar-refractivity contribution in [2.45, 2.75) is 19.4 Å². The molecule has 0 spiro atoms. The van der Waals surface area contributed by atoms with E-state index < -0.39 is 0 Å². The molecule has 1 saturated heterocycles. The first kappa shape index (κ1) is 23.2. The standard InChI is InChI=1S/C26H28N4O4/c1-32-20-6-4-17(5-7-20)15-29-26(31)18-8-10-30(11-9-18)25-19(14-27)16-28-22-13-24(34-3)23(33-2)12-21(22)25/h4-7,12-13,16,18H,8-11,15H2,1-3H3,(H,29,31). The number of carbonyl (C=O) groups excluding carboxylic acids is 1. The summed E-state index contributed by atoms with van der Waals surface area (Å²) < 4.78 is 16.0. The molecule has 0 radical (unpaired) electrons. The molecule has 1 N–H and O–H groups in total. The number of rotatable bonds is 7. The SMILES string of the molecule is COc1ccc(CNC(=O)C2CCN(c3c(C#N)cnc4cc(OC)c(OC)cc34)CC2)cc1. The Morgan fingerprint density at radius 2 is 1.76 bits per heavy atom. The number of methoxy groups -OCH3 is 3. The van der Waals surface area contributed by atoms with Crippen LogP contribution in [0.5, 0.6) is 17.2 Å². The van der Waals surface area contributed by atoms with Crippen LogP contribution in [0.3, 0.4) is 0 Å². The number of aromatic nitrogens is 1. The van der Waals surface area contributed by atoms with Gasteiger partial charge in [-0.15, -0.1) is 0 Å². The average molecular weight is 461 g/mol. The highest BCUT2D eigenvalue weighted by Crippen LogP contribution is 2.38. The number of nitriles is 1. The fourth-order valence-electron chi connectivity index (χ4n) is 4.37. The van der Waals surface area contributed by atoms with Crippen molar-refractivity contribution in [3.05, 3.63) is 53.7 Å². The van der Waals surface area contributed by atoms with E-state index in [1.165, 1.54) is 0 Å². The summed E-state index contributed by atoms with van der Waals surface area (Å²) in [7, 11) is 4.80. The molecule has 176 valence electrons. The third-order valence-electron chi connectivity index (χ3n) is 6.27. The number of hydrogen-bond donors (Lipinski definition) is 1. The number of nitrogens with one attached hydrogen (secondary N) is 1. The first-order valence-corrected chi connectivity index (χ1v) is 11.2. The molecule has 0 bridgehead atoms. The van der Waals surface area contributed by atoms with Gasteiger partial charge in [0.15, 0.2) is 11.5 Å². The zero-order chi connectivity index (χ0) is 24.1. The molecule has 1 amide bonds. The summed E-state index contributed by atoms with van der Waals surface area (Å²) in [6, 6.07) is 13.6. The van der Waals surface area contributed by atoms with Gasteiger partial charge in [-0.2, -0.15) is 5.26 Å². The molecule has 2 heterocycles. The number of anilines is 1. The predicted octanol–water partition coefficient (Wildman–Crippen LogP) is 3.67. The summed E-state index contributed by atoms with van der Waals surface area (Å²) in [4.78, 5) is 19.4. The fourth-order valence-corrected chi connectivity index (χ4v) is 4.37. The molecule has 8 nitrogen and oxygen atoms in total. The number of fused-ring (bicyclic) bond motifs is 1. The molecule has 0 saturated carbocycles. The van der Waals surface area contributed by atoms with Gasteiger partial charge in [-0.25, -0.2) is 0 Å². The third kappa shape index (κ3) is 4.69. The van der Waals surface area contributed by atoms with Crippen molar-refractivity contribution in [1.29, 1.82) is 5.26 Å². The molecule has 34 heavy (non-hydrogen) atoms. The Labute approximate surface area is 199 Å². The van der Waals surface area contributed by atoms with Crippen LogP contribution in [0.4, 0.5) is 5.69 Å². The van der Waals surface area contributed by atoms with Gasteiger partial charge in [0.2, 0.25) is 5.91 Å². The molecule has 0 atom stereocenters. The van der Waals surface area contributed by atoms with Crippen molar-refractivity contribution in [3.8, 4) is 23.3 Å². The van der Waals surface area contributed by atoms with Crippen LogP contribution in [0, 0.1) is 17.2 Å². The Kier molecular flexibility index (Phi) is 7.02. The second-order valence-electron chi connectivity index (χ2n) is 8.18. The lowest BCUT2D eigenvalue weighted by atomic mass is 9.94. The maximum Gasteiger partial charge on any atom is 0.223 e. The minimum absolute atomic E-state index is 0.0574. The number of amides is 1. The van der Waals surface area contributed by atoms with E-state index >= 15 is 0 Å². The Morgan fingerprint density at radius 3 is 2.38 bits per heavy atom. The maximum atomic E-state index is 12.8. The minimum atomic E-state index is -0.0669. The Hall–Kier alpha value is -3.99. The van der Waals surface area contributed by atoms with Crippen LogP contribution in [-0.4, -0.2) is 45.3 Å². The van der Waals surface area contributed by atoms with Crippen molar-refractivity contribution < 1.29 is 19.0 Å². The molecular formula is C26H28N4O4. The number of carbonyl (C=O) groups is 1. The first-order chi connectivity index (χ1) is 16.6. The summed E-state index contributed by atoms with van der Waals surface area (Å²) in [5, 5.41) is 13.6. The van der Waals surface area contributed by atoms with Gasteiger partial charge in [0, 0.05) is 43.2 Å². The summed E-state index contributed by atoms with van der Waals surface area (Å²) in [6.45, 7) is 1.82. The summed E-state index contributed by atoms with van der Waals surface area (Å²) in [5.41, 5.74) is 3.08. The van der Waals surface area contributed by atoms with Crippen LogP contribution in [-0.2, 0) is 11.3 Å². The highest BCUT2D eigenvalue weighted by atomic mass is 16.5. The van der Waals surface area contributed by atoms with E-state index in [1.807, 2.05) is 36.4 Å². The van der Waals surface area contributed by atoms with Gasteiger partial charge in [-0.1, -0.05) is 12.1 Å². The van der Waals surface area contributed by atoms with Crippen LogP contribution in [0.15, 0.2) is 42.6 Å². The van der Waals surface area contributed by atoms with Crippen molar-refractivity contribution in [3.63, 3.8) is 0 Å². The van der Waals surface area contributed by atoms with E-state index in [1.54, 1.807) is 27.5 Å². The number of hydrogen-bond acceptors (Lipinski definition) is 7. The quantitative estimate of drug-likeness (QED) is 0.575. The van der Waals surface area contributed by atoms with Crippen molar-refractivity contribution in [1.82, 2.24) is 10.3 Å². The van der Waals surface area contributed by atoms with Gasteiger partial charge >= 0.3 is 0 Å². The monoisotopic (exact) mass is 460 g/mol. The Morgan fingerprint density at radius 1 is 1.09 bits per heavy atom. The number of benzene rings is 2. The van der Waals surface area contributed by atoms with Gasteiger partial charge in [-0.05, 0) is 36.6 Å². The third-order valence-corrected chi connectivity index (χ3v) is 6.27. The second kappa shape index (κ2) is 10.3. The van der Waals surface area contributed by atoms with Crippen LogP contribution in [0.25, 0.3) is 10.9 Å². The smallest absolute Gasteiger partial charge is 0.223 e. The summed E-state index contributed by atoms with van der Waals surface area (Å²) in [6.07, 6.45) is 3.00. The second-order valence-corrected chi connectivity index (χ2v) is 8.18. The molecule has 8 heteroatoms. The normalized spacial score (nSPS) is 13.9. The fraction of sp³-hybridized carbons (Fsp3) is 0.346. The molecule has 1 aromatic heterocycles. The van der Waals surface area contributed by atoms with Crippen LogP contribution < -0.4 is 24.4 Å². The minimum Gasteiger partial charge on any atom is -0.497 e. The molecule has 1 aliphatic rings.